The molecule has 2 aromatic rings. The largest absolute Gasteiger partial charge is 0.493 e. The number of thiophene rings is 1. The first-order valence-corrected chi connectivity index (χ1v) is 9.08. The van der Waals surface area contributed by atoms with Crippen LogP contribution >= 0.6 is 35.3 Å². The monoisotopic (exact) mass is 475 g/mol. The summed E-state index contributed by atoms with van der Waals surface area (Å²) in [6.45, 7) is 6.15. The topological polar surface area (TPSA) is 54.9 Å². The van der Waals surface area contributed by atoms with Crippen LogP contribution in [0.4, 0.5) is 5.69 Å². The Morgan fingerprint density at radius 3 is 2.68 bits per heavy atom. The first-order chi connectivity index (χ1) is 11.8. The van der Waals surface area contributed by atoms with Crippen molar-refractivity contribution in [3.8, 4) is 11.5 Å². The minimum Gasteiger partial charge on any atom is -0.493 e. The lowest BCUT2D eigenvalue weighted by Crippen LogP contribution is -2.30. The highest BCUT2D eigenvalue weighted by Crippen LogP contribution is 2.30. The van der Waals surface area contributed by atoms with Gasteiger partial charge in [0.15, 0.2) is 17.5 Å². The number of halogens is 1. The lowest BCUT2D eigenvalue weighted by Gasteiger charge is -2.14. The summed E-state index contributed by atoms with van der Waals surface area (Å²) in [5.41, 5.74) is 2.23. The number of nitrogens with one attached hydrogen (secondary N) is 2. The van der Waals surface area contributed by atoms with Crippen molar-refractivity contribution < 1.29 is 9.47 Å². The molecule has 0 saturated carbocycles. The van der Waals surface area contributed by atoms with E-state index in [4.69, 9.17) is 9.47 Å². The molecule has 0 atom stereocenters. The third-order valence-electron chi connectivity index (χ3n) is 3.32. The summed E-state index contributed by atoms with van der Waals surface area (Å²) in [4.78, 5) is 4.62. The summed E-state index contributed by atoms with van der Waals surface area (Å²) in [7, 11) is 1.64. The van der Waals surface area contributed by atoms with E-state index in [9.17, 15) is 0 Å². The minimum absolute atomic E-state index is 0. The lowest BCUT2D eigenvalue weighted by molar-refractivity contribution is 0.311. The van der Waals surface area contributed by atoms with Crippen molar-refractivity contribution in [2.75, 3.05) is 32.1 Å². The van der Waals surface area contributed by atoms with E-state index in [0.717, 1.165) is 36.9 Å². The van der Waals surface area contributed by atoms with E-state index in [0.29, 0.717) is 12.4 Å². The molecule has 25 heavy (non-hydrogen) atoms. The molecule has 5 nitrogen and oxygen atoms in total. The van der Waals surface area contributed by atoms with Crippen molar-refractivity contribution in [1.82, 2.24) is 5.32 Å². The summed E-state index contributed by atoms with van der Waals surface area (Å²) >= 11 is 1.72. The Balaban J connectivity index is 0.00000312. The Kier molecular flexibility index (Phi) is 10.3. The summed E-state index contributed by atoms with van der Waals surface area (Å²) in [5, 5.41) is 10.8. The summed E-state index contributed by atoms with van der Waals surface area (Å²) in [6.07, 6.45) is 0.937. The molecule has 1 aromatic heterocycles. The van der Waals surface area contributed by atoms with Gasteiger partial charge in [0.05, 0.1) is 13.7 Å². The Morgan fingerprint density at radius 1 is 1.20 bits per heavy atom. The molecule has 0 aliphatic rings. The standard InChI is InChI=1S/C18H25N3O2S.HI/c1-4-19-18(20-10-8-14-9-11-24-13-14)21-15-6-7-16(23-5-2)17(12-15)22-3;/h6-7,9,11-13H,4-5,8,10H2,1-3H3,(H2,19,20,21);1H. The van der Waals surface area contributed by atoms with Crippen molar-refractivity contribution in [1.29, 1.82) is 0 Å². The van der Waals surface area contributed by atoms with Crippen LogP contribution in [0, 0.1) is 0 Å². The van der Waals surface area contributed by atoms with Crippen molar-refractivity contribution in [2.24, 2.45) is 4.99 Å². The van der Waals surface area contributed by atoms with Gasteiger partial charge in [0.1, 0.15) is 0 Å². The second-order valence-corrected chi connectivity index (χ2v) is 5.85. The van der Waals surface area contributed by atoms with E-state index >= 15 is 0 Å². The number of guanidine groups is 1. The third-order valence-corrected chi connectivity index (χ3v) is 4.05. The van der Waals surface area contributed by atoms with E-state index in [2.05, 4.69) is 39.4 Å². The molecule has 138 valence electrons. The zero-order valence-electron chi connectivity index (χ0n) is 14.9. The zero-order valence-corrected chi connectivity index (χ0v) is 18.0. The van der Waals surface area contributed by atoms with Gasteiger partial charge in [-0.1, -0.05) is 0 Å². The fourth-order valence-electron chi connectivity index (χ4n) is 2.20. The summed E-state index contributed by atoms with van der Waals surface area (Å²) in [6, 6.07) is 7.91. The fraction of sp³-hybridized carbons (Fsp3) is 0.389. The molecule has 7 heteroatoms. The molecule has 0 amide bonds. The normalized spacial score (nSPS) is 10.8. The van der Waals surface area contributed by atoms with Gasteiger partial charge in [-0.2, -0.15) is 11.3 Å². The average Bonchev–Trinajstić information content (AvgIpc) is 3.10. The van der Waals surface area contributed by atoms with Crippen LogP contribution in [0.3, 0.4) is 0 Å². The van der Waals surface area contributed by atoms with E-state index < -0.39 is 0 Å². The van der Waals surface area contributed by atoms with Crippen molar-refractivity contribution in [3.63, 3.8) is 0 Å². The van der Waals surface area contributed by atoms with Gasteiger partial charge in [0.2, 0.25) is 0 Å². The van der Waals surface area contributed by atoms with Crippen LogP contribution in [-0.4, -0.2) is 32.8 Å². The number of aliphatic imine (C=N–C) groups is 1. The molecular weight excluding hydrogens is 449 g/mol. The highest BCUT2D eigenvalue weighted by molar-refractivity contribution is 14.0. The Hall–Kier alpha value is -1.48. The van der Waals surface area contributed by atoms with Crippen molar-refractivity contribution in [2.45, 2.75) is 20.3 Å². The number of anilines is 1. The predicted octanol–water partition coefficient (Wildman–Crippen LogP) is 4.39. The number of rotatable bonds is 8. The van der Waals surface area contributed by atoms with Gasteiger partial charge in [-0.3, -0.25) is 4.99 Å². The molecule has 0 aliphatic carbocycles. The number of benzene rings is 1. The molecule has 0 saturated heterocycles. The number of ether oxygens (including phenoxy) is 2. The van der Waals surface area contributed by atoms with Crippen LogP contribution in [0.5, 0.6) is 11.5 Å². The first-order valence-electron chi connectivity index (χ1n) is 8.14. The highest BCUT2D eigenvalue weighted by Gasteiger charge is 2.06. The number of methoxy groups -OCH3 is 1. The molecule has 0 fully saturated rings. The predicted molar refractivity (Wildman–Crippen MR) is 117 cm³/mol. The fourth-order valence-corrected chi connectivity index (χ4v) is 2.90. The van der Waals surface area contributed by atoms with Crippen LogP contribution in [-0.2, 0) is 6.42 Å². The second kappa shape index (κ2) is 12.0. The van der Waals surface area contributed by atoms with Gasteiger partial charge in [0.25, 0.3) is 0 Å². The quantitative estimate of drug-likeness (QED) is 0.338. The minimum atomic E-state index is 0. The van der Waals surface area contributed by atoms with E-state index in [-0.39, 0.29) is 24.0 Å². The van der Waals surface area contributed by atoms with Gasteiger partial charge in [-0.15, -0.1) is 24.0 Å². The summed E-state index contributed by atoms with van der Waals surface area (Å²) in [5.74, 6) is 2.21. The maximum Gasteiger partial charge on any atom is 0.195 e. The van der Waals surface area contributed by atoms with Gasteiger partial charge >= 0.3 is 0 Å². The van der Waals surface area contributed by atoms with E-state index in [1.807, 2.05) is 25.1 Å². The van der Waals surface area contributed by atoms with Crippen LogP contribution in [0.2, 0.25) is 0 Å². The molecule has 2 N–H and O–H groups in total. The molecule has 1 heterocycles. The molecule has 0 bridgehead atoms. The SMILES string of the molecule is CCNC(=NCCc1ccsc1)Nc1ccc(OCC)c(OC)c1.I. The van der Waals surface area contributed by atoms with Crippen molar-refractivity contribution in [3.05, 3.63) is 40.6 Å². The number of hydrogen-bond acceptors (Lipinski definition) is 4. The number of hydrogen-bond donors (Lipinski definition) is 2. The molecule has 0 spiro atoms. The first kappa shape index (κ1) is 21.6. The molecule has 2 rings (SSSR count). The Morgan fingerprint density at radius 2 is 2.04 bits per heavy atom. The van der Waals surface area contributed by atoms with Crippen molar-refractivity contribution >= 4 is 47.0 Å². The van der Waals surface area contributed by atoms with E-state index in [1.165, 1.54) is 5.56 Å². The molecule has 0 aliphatic heterocycles. The number of nitrogens with zero attached hydrogens (tertiary/aromatic N) is 1. The molecule has 0 radical (unpaired) electrons. The molecule has 1 aromatic carbocycles. The maximum atomic E-state index is 5.54. The smallest absolute Gasteiger partial charge is 0.195 e. The second-order valence-electron chi connectivity index (χ2n) is 5.07. The van der Waals surface area contributed by atoms with Crippen LogP contribution < -0.4 is 20.1 Å². The van der Waals surface area contributed by atoms with Crippen LogP contribution in [0.1, 0.15) is 19.4 Å². The molecular formula is C18H26IN3O2S. The average molecular weight is 475 g/mol. The van der Waals surface area contributed by atoms with Crippen LogP contribution in [0.15, 0.2) is 40.0 Å². The lowest BCUT2D eigenvalue weighted by atomic mass is 10.2. The Labute approximate surface area is 170 Å². The highest BCUT2D eigenvalue weighted by atomic mass is 127. The van der Waals surface area contributed by atoms with E-state index in [1.54, 1.807) is 18.4 Å². The maximum absolute atomic E-state index is 5.54. The van der Waals surface area contributed by atoms with Crippen LogP contribution in [0.25, 0.3) is 0 Å². The zero-order chi connectivity index (χ0) is 17.2. The van der Waals surface area contributed by atoms with Gasteiger partial charge in [-0.05, 0) is 54.8 Å². The summed E-state index contributed by atoms with van der Waals surface area (Å²) < 4.78 is 10.9. The van der Waals surface area contributed by atoms with Gasteiger partial charge in [0, 0.05) is 24.8 Å². The third kappa shape index (κ3) is 7.11. The van der Waals surface area contributed by atoms with Gasteiger partial charge < -0.3 is 20.1 Å². The molecule has 0 unspecified atom stereocenters. The van der Waals surface area contributed by atoms with Gasteiger partial charge in [-0.25, -0.2) is 0 Å². The Bertz CT molecular complexity index is 648.